The Hall–Kier alpha value is -1.91. The zero-order valence-electron chi connectivity index (χ0n) is 14.9. The Morgan fingerprint density at radius 3 is 2.50 bits per heavy atom. The van der Waals surface area contributed by atoms with Crippen molar-refractivity contribution in [1.29, 1.82) is 0 Å². The first-order chi connectivity index (χ1) is 11.3. The predicted octanol–water partition coefficient (Wildman–Crippen LogP) is 3.70. The zero-order chi connectivity index (χ0) is 17.4. The van der Waals surface area contributed by atoms with E-state index in [2.05, 4.69) is 75.8 Å². The molecule has 1 aromatic carbocycles. The zero-order valence-corrected chi connectivity index (χ0v) is 14.9. The summed E-state index contributed by atoms with van der Waals surface area (Å²) in [5.74, 6) is 0. The largest absolute Gasteiger partial charge is 0.495 e. The van der Waals surface area contributed by atoms with Gasteiger partial charge >= 0.3 is 7.12 Å². The van der Waals surface area contributed by atoms with Gasteiger partial charge in [-0.25, -0.2) is 0 Å². The fourth-order valence-electron chi connectivity index (χ4n) is 2.98. The third-order valence-corrected chi connectivity index (χ3v) is 5.12. The highest BCUT2D eigenvalue weighted by Gasteiger charge is 2.52. The van der Waals surface area contributed by atoms with Crippen molar-refractivity contribution in [3.63, 3.8) is 0 Å². The molecule has 0 saturated carbocycles. The van der Waals surface area contributed by atoms with Crippen molar-refractivity contribution < 1.29 is 9.31 Å². The van der Waals surface area contributed by atoms with Gasteiger partial charge in [-0.3, -0.25) is 4.99 Å². The second-order valence-electron chi connectivity index (χ2n) is 7.28. The minimum Gasteiger partial charge on any atom is -0.399 e. The molecule has 0 unspecified atom stereocenters. The fraction of sp³-hybridized carbons (Fsp3) is 0.350. The lowest BCUT2D eigenvalue weighted by Gasteiger charge is -2.32. The summed E-state index contributed by atoms with van der Waals surface area (Å²) in [7, 11) is -0.330. The van der Waals surface area contributed by atoms with E-state index in [9.17, 15) is 0 Å². The van der Waals surface area contributed by atoms with Crippen molar-refractivity contribution >= 4 is 25.4 Å². The van der Waals surface area contributed by atoms with Crippen molar-refractivity contribution in [3.05, 3.63) is 59.3 Å². The van der Waals surface area contributed by atoms with E-state index in [1.54, 1.807) is 6.20 Å². The van der Waals surface area contributed by atoms with Crippen molar-refractivity contribution in [2.24, 2.45) is 4.99 Å². The average Bonchev–Trinajstić information content (AvgIpc) is 2.75. The van der Waals surface area contributed by atoms with Crippen molar-refractivity contribution in [2.75, 3.05) is 0 Å². The molecule has 1 heterocycles. The van der Waals surface area contributed by atoms with Crippen LogP contribution in [0.4, 0.5) is 0 Å². The van der Waals surface area contributed by atoms with E-state index >= 15 is 0 Å². The topological polar surface area (TPSA) is 30.8 Å². The quantitative estimate of drug-likeness (QED) is 0.628. The SMILES string of the molecule is C=N/C=C\C=C1\C=Cc2cccc(B3OC(C)(C)C(C)(C)O3)c2C1. The maximum absolute atomic E-state index is 6.25. The monoisotopic (exact) mass is 321 g/mol. The Morgan fingerprint density at radius 1 is 1.12 bits per heavy atom. The van der Waals surface area contributed by atoms with E-state index in [1.165, 1.54) is 16.7 Å². The summed E-state index contributed by atoms with van der Waals surface area (Å²) in [6.07, 6.45) is 10.8. The number of hydrogen-bond acceptors (Lipinski definition) is 3. The number of rotatable bonds is 3. The van der Waals surface area contributed by atoms with Crippen molar-refractivity contribution in [3.8, 4) is 0 Å². The highest BCUT2D eigenvalue weighted by atomic mass is 16.7. The Morgan fingerprint density at radius 2 is 1.83 bits per heavy atom. The highest BCUT2D eigenvalue weighted by molar-refractivity contribution is 6.62. The molecule has 0 aromatic heterocycles. The molecule has 0 amide bonds. The van der Waals surface area contributed by atoms with Crippen LogP contribution in [0.15, 0.2) is 53.2 Å². The fourth-order valence-corrected chi connectivity index (χ4v) is 2.98. The Kier molecular flexibility index (Phi) is 4.37. The van der Waals surface area contributed by atoms with Crippen LogP contribution in [-0.2, 0) is 15.7 Å². The maximum atomic E-state index is 6.25. The highest BCUT2D eigenvalue weighted by Crippen LogP contribution is 2.37. The van der Waals surface area contributed by atoms with Gasteiger partial charge in [0.1, 0.15) is 0 Å². The standard InChI is InChI=1S/C20H24BNO2/c1-19(2)20(3,4)24-21(23-19)18-10-6-9-16-12-11-15(14-17(16)18)8-7-13-22-5/h6-13H,5,14H2,1-4H3/b13-7-,15-8-. The molecule has 0 atom stereocenters. The first-order valence-electron chi connectivity index (χ1n) is 8.31. The van der Waals surface area contributed by atoms with Gasteiger partial charge in [0.15, 0.2) is 0 Å². The van der Waals surface area contributed by atoms with E-state index in [1.807, 2.05) is 6.08 Å². The number of benzene rings is 1. The lowest BCUT2D eigenvalue weighted by molar-refractivity contribution is 0.00578. The molecule has 1 saturated heterocycles. The number of fused-ring (bicyclic) bond motifs is 1. The van der Waals surface area contributed by atoms with Crippen molar-refractivity contribution in [1.82, 2.24) is 0 Å². The number of hydrogen-bond donors (Lipinski definition) is 0. The molecular formula is C20H24BNO2. The van der Waals surface area contributed by atoms with Crippen LogP contribution in [0.3, 0.4) is 0 Å². The molecule has 1 aromatic rings. The molecule has 0 bridgehead atoms. The summed E-state index contributed by atoms with van der Waals surface area (Å²) < 4.78 is 12.5. The summed E-state index contributed by atoms with van der Waals surface area (Å²) in [6, 6.07) is 6.32. The van der Waals surface area contributed by atoms with E-state index in [0.29, 0.717) is 0 Å². The van der Waals surface area contributed by atoms with E-state index in [-0.39, 0.29) is 18.3 Å². The molecule has 3 nitrogen and oxygen atoms in total. The second-order valence-corrected chi connectivity index (χ2v) is 7.28. The third kappa shape index (κ3) is 3.04. The molecule has 1 fully saturated rings. The first kappa shape index (κ1) is 16.9. The molecule has 0 spiro atoms. The lowest BCUT2D eigenvalue weighted by atomic mass is 9.72. The van der Waals surface area contributed by atoms with Gasteiger partial charge in [-0.05, 0) is 69.1 Å². The Labute approximate surface area is 144 Å². The molecule has 1 aliphatic heterocycles. The Balaban J connectivity index is 1.94. The average molecular weight is 321 g/mol. The normalized spacial score (nSPS) is 23.0. The number of aliphatic imine (C=N–C) groups is 1. The first-order valence-corrected chi connectivity index (χ1v) is 8.31. The second kappa shape index (κ2) is 6.19. The summed E-state index contributed by atoms with van der Waals surface area (Å²) in [5.41, 5.74) is 4.18. The van der Waals surface area contributed by atoms with Gasteiger partial charge in [-0.1, -0.05) is 36.4 Å². The van der Waals surface area contributed by atoms with Crippen LogP contribution < -0.4 is 5.46 Å². The summed E-state index contributed by atoms with van der Waals surface area (Å²) in [5, 5.41) is 0. The van der Waals surface area contributed by atoms with Gasteiger partial charge in [0.05, 0.1) is 11.2 Å². The smallest absolute Gasteiger partial charge is 0.399 e. The van der Waals surface area contributed by atoms with E-state index in [0.717, 1.165) is 11.9 Å². The number of nitrogens with zero attached hydrogens (tertiary/aromatic N) is 1. The molecular weight excluding hydrogens is 297 g/mol. The molecule has 0 radical (unpaired) electrons. The van der Waals surface area contributed by atoms with Crippen molar-refractivity contribution in [2.45, 2.75) is 45.3 Å². The lowest BCUT2D eigenvalue weighted by Crippen LogP contribution is -2.41. The third-order valence-electron chi connectivity index (χ3n) is 5.12. The van der Waals surface area contributed by atoms with E-state index in [4.69, 9.17) is 9.31 Å². The van der Waals surface area contributed by atoms with Crippen LogP contribution in [-0.4, -0.2) is 25.0 Å². The summed E-state index contributed by atoms with van der Waals surface area (Å²) in [6.45, 7) is 11.8. The summed E-state index contributed by atoms with van der Waals surface area (Å²) in [4.78, 5) is 3.74. The number of allylic oxidation sites excluding steroid dienone is 4. The minimum absolute atomic E-state index is 0.330. The molecule has 1 aliphatic carbocycles. The van der Waals surface area contributed by atoms with Crippen LogP contribution in [0.1, 0.15) is 38.8 Å². The molecule has 0 N–H and O–H groups in total. The Bertz CT molecular complexity index is 728. The molecule has 24 heavy (non-hydrogen) atoms. The maximum Gasteiger partial charge on any atom is 0.495 e. The van der Waals surface area contributed by atoms with Gasteiger partial charge in [0.25, 0.3) is 0 Å². The molecule has 2 aliphatic rings. The van der Waals surface area contributed by atoms with E-state index < -0.39 is 0 Å². The molecule has 124 valence electrons. The summed E-state index contributed by atoms with van der Waals surface area (Å²) >= 11 is 0. The van der Waals surface area contributed by atoms with Crippen LogP contribution >= 0.6 is 0 Å². The van der Waals surface area contributed by atoms with Crippen LogP contribution in [0.2, 0.25) is 0 Å². The van der Waals surface area contributed by atoms with Gasteiger partial charge in [-0.2, -0.15) is 0 Å². The van der Waals surface area contributed by atoms with Gasteiger partial charge in [0.2, 0.25) is 0 Å². The predicted molar refractivity (Wildman–Crippen MR) is 102 cm³/mol. The minimum atomic E-state index is -0.331. The van der Waals surface area contributed by atoms with Gasteiger partial charge < -0.3 is 9.31 Å². The van der Waals surface area contributed by atoms with Crippen LogP contribution in [0, 0.1) is 0 Å². The van der Waals surface area contributed by atoms with Gasteiger partial charge in [-0.15, -0.1) is 0 Å². The molecule has 3 rings (SSSR count). The van der Waals surface area contributed by atoms with Crippen LogP contribution in [0.25, 0.3) is 6.08 Å². The molecule has 4 heteroatoms. The van der Waals surface area contributed by atoms with Gasteiger partial charge in [0, 0.05) is 6.20 Å². The van der Waals surface area contributed by atoms with Crippen LogP contribution in [0.5, 0.6) is 0 Å².